The molecule has 1 aromatic heterocycles. The van der Waals surface area contributed by atoms with E-state index in [1.165, 1.54) is 12.3 Å². The maximum atomic E-state index is 11.2. The largest absolute Gasteiger partial charge is 0.455 e. The van der Waals surface area contributed by atoms with Gasteiger partial charge < -0.3 is 4.74 Å². The zero-order valence-corrected chi connectivity index (χ0v) is 10.7. The van der Waals surface area contributed by atoms with Gasteiger partial charge in [-0.1, -0.05) is 39.0 Å². The van der Waals surface area contributed by atoms with Gasteiger partial charge in [-0.05, 0) is 11.5 Å². The fraction of sp³-hybridized carbons (Fsp3) is 0.286. The van der Waals surface area contributed by atoms with Crippen LogP contribution >= 0.6 is 0 Å². The molecule has 2 aromatic rings. The molecule has 0 fully saturated rings. The smallest absolute Gasteiger partial charge is 0.267 e. The summed E-state index contributed by atoms with van der Waals surface area (Å²) in [5.74, 6) is 1.19. The van der Waals surface area contributed by atoms with Gasteiger partial charge in [0.2, 0.25) is 0 Å². The Kier molecular flexibility index (Phi) is 3.19. The van der Waals surface area contributed by atoms with E-state index < -0.39 is 0 Å². The van der Waals surface area contributed by atoms with Crippen LogP contribution in [0.5, 0.6) is 11.5 Å². The number of ether oxygens (including phenoxy) is 1. The van der Waals surface area contributed by atoms with Gasteiger partial charge in [0.25, 0.3) is 5.56 Å². The standard InChI is InChI=1S/C14H16N2O2/c1-14(2,3)11-6-4-5-7-12(11)18-10-8-13(17)16-15-9-10/h4-9H,1-3H3,(H,16,17). The summed E-state index contributed by atoms with van der Waals surface area (Å²) in [6.07, 6.45) is 1.49. The molecule has 2 rings (SSSR count). The van der Waals surface area contributed by atoms with Crippen LogP contribution in [0.15, 0.2) is 41.3 Å². The summed E-state index contributed by atoms with van der Waals surface area (Å²) < 4.78 is 5.73. The Hall–Kier alpha value is -2.10. The highest BCUT2D eigenvalue weighted by Crippen LogP contribution is 2.33. The fourth-order valence-corrected chi connectivity index (χ4v) is 1.72. The van der Waals surface area contributed by atoms with Crippen molar-refractivity contribution in [1.82, 2.24) is 10.2 Å². The van der Waals surface area contributed by atoms with Crippen molar-refractivity contribution in [2.24, 2.45) is 0 Å². The molecule has 4 nitrogen and oxygen atoms in total. The first kappa shape index (κ1) is 12.4. The van der Waals surface area contributed by atoms with Crippen LogP contribution in [0.3, 0.4) is 0 Å². The molecule has 1 N–H and O–H groups in total. The average Bonchev–Trinajstić information content (AvgIpc) is 2.28. The van der Waals surface area contributed by atoms with Gasteiger partial charge >= 0.3 is 0 Å². The van der Waals surface area contributed by atoms with Gasteiger partial charge in [-0.15, -0.1) is 0 Å². The monoisotopic (exact) mass is 244 g/mol. The lowest BCUT2D eigenvalue weighted by atomic mass is 9.86. The molecule has 1 heterocycles. The summed E-state index contributed by atoms with van der Waals surface area (Å²) in [5.41, 5.74) is 0.789. The van der Waals surface area contributed by atoms with Gasteiger partial charge in [0, 0.05) is 11.6 Å². The predicted octanol–water partition coefficient (Wildman–Crippen LogP) is 2.86. The van der Waals surface area contributed by atoms with E-state index >= 15 is 0 Å². The van der Waals surface area contributed by atoms with Crippen molar-refractivity contribution in [3.8, 4) is 11.5 Å². The first-order valence-corrected chi connectivity index (χ1v) is 5.79. The number of hydrogen-bond donors (Lipinski definition) is 1. The van der Waals surface area contributed by atoms with Crippen LogP contribution in [0.2, 0.25) is 0 Å². The van der Waals surface area contributed by atoms with E-state index in [2.05, 4.69) is 31.0 Å². The maximum Gasteiger partial charge on any atom is 0.267 e. The Balaban J connectivity index is 2.38. The molecule has 0 spiro atoms. The minimum atomic E-state index is -0.277. The number of aromatic nitrogens is 2. The van der Waals surface area contributed by atoms with E-state index in [1.54, 1.807) is 0 Å². The summed E-state index contributed by atoms with van der Waals surface area (Å²) in [6.45, 7) is 6.35. The number of nitrogens with one attached hydrogen (secondary N) is 1. The minimum absolute atomic E-state index is 0.0226. The van der Waals surface area contributed by atoms with Crippen LogP contribution in [0, 0.1) is 0 Å². The Morgan fingerprint density at radius 1 is 1.22 bits per heavy atom. The highest BCUT2D eigenvalue weighted by atomic mass is 16.5. The lowest BCUT2D eigenvalue weighted by molar-refractivity contribution is 0.451. The predicted molar refractivity (Wildman–Crippen MR) is 70.1 cm³/mol. The quantitative estimate of drug-likeness (QED) is 0.883. The number of rotatable bonds is 2. The van der Waals surface area contributed by atoms with Crippen LogP contribution in [0.1, 0.15) is 26.3 Å². The lowest BCUT2D eigenvalue weighted by Gasteiger charge is -2.22. The molecular formula is C14H16N2O2. The maximum absolute atomic E-state index is 11.2. The Labute approximate surface area is 106 Å². The second-order valence-electron chi connectivity index (χ2n) is 5.13. The summed E-state index contributed by atoms with van der Waals surface area (Å²) >= 11 is 0. The fourth-order valence-electron chi connectivity index (χ4n) is 1.72. The van der Waals surface area contributed by atoms with Crippen LogP contribution in [-0.2, 0) is 5.41 Å². The van der Waals surface area contributed by atoms with Crippen LogP contribution in [0.25, 0.3) is 0 Å². The second-order valence-corrected chi connectivity index (χ2v) is 5.13. The van der Waals surface area contributed by atoms with Gasteiger partial charge in [0.15, 0.2) is 5.75 Å². The van der Waals surface area contributed by atoms with E-state index in [0.717, 1.165) is 11.3 Å². The molecule has 18 heavy (non-hydrogen) atoms. The third-order valence-corrected chi connectivity index (χ3v) is 2.56. The van der Waals surface area contributed by atoms with Gasteiger partial charge in [-0.3, -0.25) is 4.79 Å². The molecule has 0 saturated carbocycles. The molecule has 0 amide bonds. The number of hydrogen-bond acceptors (Lipinski definition) is 3. The lowest BCUT2D eigenvalue weighted by Crippen LogP contribution is -2.13. The molecule has 94 valence electrons. The zero-order valence-electron chi connectivity index (χ0n) is 10.7. The number of benzene rings is 1. The molecule has 1 aromatic carbocycles. The molecule has 0 aliphatic carbocycles. The van der Waals surface area contributed by atoms with Crippen molar-refractivity contribution in [2.75, 3.05) is 0 Å². The number of H-pyrrole nitrogens is 1. The van der Waals surface area contributed by atoms with Crippen molar-refractivity contribution < 1.29 is 4.74 Å². The normalized spacial score (nSPS) is 11.3. The van der Waals surface area contributed by atoms with E-state index in [0.29, 0.717) is 5.75 Å². The highest BCUT2D eigenvalue weighted by Gasteiger charge is 2.18. The zero-order chi connectivity index (χ0) is 13.2. The molecule has 0 bridgehead atoms. The van der Waals surface area contributed by atoms with Gasteiger partial charge in [-0.25, -0.2) is 5.10 Å². The molecule has 0 atom stereocenters. The van der Waals surface area contributed by atoms with Gasteiger partial charge in [0.05, 0.1) is 6.20 Å². The Bertz CT molecular complexity index is 597. The molecule has 0 unspecified atom stereocenters. The SMILES string of the molecule is CC(C)(C)c1ccccc1Oc1cn[nH]c(=O)c1. The second kappa shape index (κ2) is 4.64. The van der Waals surface area contributed by atoms with E-state index in [9.17, 15) is 4.79 Å². The van der Waals surface area contributed by atoms with Gasteiger partial charge in [-0.2, -0.15) is 5.10 Å². The number of nitrogens with zero attached hydrogens (tertiary/aromatic N) is 1. The van der Waals surface area contributed by atoms with E-state index in [1.807, 2.05) is 24.3 Å². The molecule has 4 heteroatoms. The average molecular weight is 244 g/mol. The minimum Gasteiger partial charge on any atom is -0.455 e. The summed E-state index contributed by atoms with van der Waals surface area (Å²) in [4.78, 5) is 11.2. The molecular weight excluding hydrogens is 228 g/mol. The topological polar surface area (TPSA) is 55.0 Å². The highest BCUT2D eigenvalue weighted by molar-refractivity contribution is 5.40. The summed E-state index contributed by atoms with van der Waals surface area (Å²) in [7, 11) is 0. The van der Waals surface area contributed by atoms with Crippen molar-refractivity contribution in [2.45, 2.75) is 26.2 Å². The van der Waals surface area contributed by atoms with E-state index in [-0.39, 0.29) is 11.0 Å². The van der Waals surface area contributed by atoms with Crippen molar-refractivity contribution in [1.29, 1.82) is 0 Å². The Morgan fingerprint density at radius 3 is 2.61 bits per heavy atom. The molecule has 0 aliphatic rings. The number of aromatic amines is 1. The molecule has 0 saturated heterocycles. The van der Waals surface area contributed by atoms with Crippen LogP contribution < -0.4 is 10.3 Å². The van der Waals surface area contributed by atoms with Crippen molar-refractivity contribution in [3.05, 3.63) is 52.4 Å². The van der Waals surface area contributed by atoms with Crippen molar-refractivity contribution >= 4 is 0 Å². The van der Waals surface area contributed by atoms with Gasteiger partial charge in [0.1, 0.15) is 5.75 Å². The third-order valence-electron chi connectivity index (χ3n) is 2.56. The van der Waals surface area contributed by atoms with Crippen LogP contribution in [0.4, 0.5) is 0 Å². The molecule has 0 aliphatic heterocycles. The molecule has 0 radical (unpaired) electrons. The van der Waals surface area contributed by atoms with Crippen molar-refractivity contribution in [3.63, 3.8) is 0 Å². The van der Waals surface area contributed by atoms with Crippen LogP contribution in [-0.4, -0.2) is 10.2 Å². The third kappa shape index (κ3) is 2.77. The number of para-hydroxylation sites is 1. The summed E-state index contributed by atoms with van der Waals surface area (Å²) in [5, 5.41) is 6.03. The summed E-state index contributed by atoms with van der Waals surface area (Å²) in [6, 6.07) is 9.18. The Morgan fingerprint density at radius 2 is 1.94 bits per heavy atom. The van der Waals surface area contributed by atoms with E-state index in [4.69, 9.17) is 4.74 Å². The first-order valence-electron chi connectivity index (χ1n) is 5.79. The first-order chi connectivity index (χ1) is 8.47.